The van der Waals surface area contributed by atoms with Crippen LogP contribution >= 0.6 is 11.3 Å². The van der Waals surface area contributed by atoms with Gasteiger partial charge in [-0.1, -0.05) is 29.8 Å². The Balaban J connectivity index is 1.71. The van der Waals surface area contributed by atoms with Crippen molar-refractivity contribution in [1.82, 2.24) is 5.32 Å². The summed E-state index contributed by atoms with van der Waals surface area (Å²) in [7, 11) is 0. The number of hydrogen-bond donors (Lipinski definition) is 1. The summed E-state index contributed by atoms with van der Waals surface area (Å²) in [5.41, 5.74) is 5.65. The molecule has 0 amide bonds. The van der Waals surface area contributed by atoms with Crippen molar-refractivity contribution in [2.45, 2.75) is 39.3 Å². The van der Waals surface area contributed by atoms with E-state index in [4.69, 9.17) is 0 Å². The van der Waals surface area contributed by atoms with Gasteiger partial charge in [0.05, 0.1) is 0 Å². The molecule has 3 rings (SSSR count). The third-order valence-corrected chi connectivity index (χ3v) is 4.91. The first-order valence-corrected chi connectivity index (χ1v) is 8.00. The topological polar surface area (TPSA) is 12.0 Å². The average molecular weight is 271 g/mol. The molecule has 0 spiro atoms. The molecule has 1 aromatic carbocycles. The molecule has 1 fully saturated rings. The minimum atomic E-state index is 0.528. The van der Waals surface area contributed by atoms with E-state index in [1.165, 1.54) is 35.1 Å². The summed E-state index contributed by atoms with van der Waals surface area (Å²) in [6, 6.07) is 9.54. The molecule has 1 nitrogen and oxygen atoms in total. The molecule has 1 heterocycles. The highest BCUT2D eigenvalue weighted by Gasteiger charge is 2.31. The van der Waals surface area contributed by atoms with Crippen LogP contribution in [0.4, 0.5) is 0 Å². The average Bonchev–Trinajstić information content (AvgIpc) is 3.16. The minimum absolute atomic E-state index is 0.528. The molecule has 19 heavy (non-hydrogen) atoms. The maximum absolute atomic E-state index is 3.77. The van der Waals surface area contributed by atoms with Crippen LogP contribution in [0.3, 0.4) is 0 Å². The summed E-state index contributed by atoms with van der Waals surface area (Å²) in [4.78, 5) is 0. The maximum Gasteiger partial charge on any atom is 0.0351 e. The predicted molar refractivity (Wildman–Crippen MR) is 82.5 cm³/mol. The molecule has 1 aliphatic carbocycles. The molecule has 100 valence electrons. The van der Waals surface area contributed by atoms with Gasteiger partial charge in [-0.15, -0.1) is 0 Å². The molecule has 0 bridgehead atoms. The molecule has 1 saturated carbocycles. The lowest BCUT2D eigenvalue weighted by Gasteiger charge is -2.19. The van der Waals surface area contributed by atoms with E-state index in [-0.39, 0.29) is 0 Å². The molecule has 1 aromatic heterocycles. The van der Waals surface area contributed by atoms with Gasteiger partial charge in [0.1, 0.15) is 0 Å². The Hall–Kier alpha value is -1.12. The lowest BCUT2D eigenvalue weighted by molar-refractivity contribution is 0.480. The van der Waals surface area contributed by atoms with Crippen LogP contribution in [0.1, 0.15) is 41.1 Å². The molecule has 1 N–H and O–H groups in total. The van der Waals surface area contributed by atoms with Crippen molar-refractivity contribution in [1.29, 1.82) is 0 Å². The van der Waals surface area contributed by atoms with Crippen LogP contribution in [0, 0.1) is 19.8 Å². The standard InChI is InChI=1S/C17H21NS/c1-12-3-5-14(6-4-12)17(15-7-8-15)18-9-16-11-19-10-13(16)2/h3-6,10-11,15,17-18H,7-9H2,1-2H3. The second-order valence-corrected chi connectivity index (χ2v) is 6.43. The molecule has 0 radical (unpaired) electrons. The Bertz CT molecular complexity index is 537. The van der Waals surface area contributed by atoms with Gasteiger partial charge in [-0.25, -0.2) is 0 Å². The lowest BCUT2D eigenvalue weighted by atomic mass is 10.0. The Morgan fingerprint density at radius 1 is 1.16 bits per heavy atom. The van der Waals surface area contributed by atoms with Crippen LogP contribution in [0.2, 0.25) is 0 Å². The molecule has 2 aromatic rings. The molecule has 1 aliphatic rings. The zero-order valence-corrected chi connectivity index (χ0v) is 12.5. The number of benzene rings is 1. The van der Waals surface area contributed by atoms with Crippen LogP contribution in [0.25, 0.3) is 0 Å². The number of thiophene rings is 1. The van der Waals surface area contributed by atoms with Gasteiger partial charge in [0, 0.05) is 12.6 Å². The Kier molecular flexibility index (Phi) is 3.72. The third-order valence-electron chi connectivity index (χ3n) is 4.00. The van der Waals surface area contributed by atoms with Gasteiger partial charge in [0.25, 0.3) is 0 Å². The Labute approximate surface area is 119 Å². The van der Waals surface area contributed by atoms with E-state index in [1.807, 2.05) is 0 Å². The molecular weight excluding hydrogens is 250 g/mol. The maximum atomic E-state index is 3.77. The van der Waals surface area contributed by atoms with Crippen LogP contribution in [-0.4, -0.2) is 0 Å². The van der Waals surface area contributed by atoms with E-state index in [0.717, 1.165) is 12.5 Å². The monoisotopic (exact) mass is 271 g/mol. The molecular formula is C17H21NS. The molecule has 0 saturated heterocycles. The fourth-order valence-corrected chi connectivity index (χ4v) is 3.40. The highest BCUT2D eigenvalue weighted by Crippen LogP contribution is 2.41. The largest absolute Gasteiger partial charge is 0.306 e. The lowest BCUT2D eigenvalue weighted by Crippen LogP contribution is -2.22. The normalized spacial score (nSPS) is 16.5. The van der Waals surface area contributed by atoms with E-state index in [1.54, 1.807) is 11.3 Å². The molecule has 0 aliphatic heterocycles. The van der Waals surface area contributed by atoms with Gasteiger partial charge in [0.15, 0.2) is 0 Å². The fourth-order valence-electron chi connectivity index (χ4n) is 2.55. The van der Waals surface area contributed by atoms with Crippen molar-refractivity contribution in [2.75, 3.05) is 0 Å². The van der Waals surface area contributed by atoms with E-state index < -0.39 is 0 Å². The van der Waals surface area contributed by atoms with Crippen molar-refractivity contribution in [3.05, 3.63) is 57.3 Å². The first-order valence-electron chi connectivity index (χ1n) is 7.05. The zero-order valence-electron chi connectivity index (χ0n) is 11.6. The summed E-state index contributed by atoms with van der Waals surface area (Å²) < 4.78 is 0. The third kappa shape index (κ3) is 3.07. The summed E-state index contributed by atoms with van der Waals surface area (Å²) in [5, 5.41) is 8.26. The van der Waals surface area contributed by atoms with Crippen LogP contribution in [0.15, 0.2) is 35.0 Å². The fraction of sp³-hybridized carbons (Fsp3) is 0.412. The van der Waals surface area contributed by atoms with Crippen molar-refractivity contribution < 1.29 is 0 Å². The SMILES string of the molecule is Cc1ccc(C(NCc2cscc2C)C2CC2)cc1. The van der Waals surface area contributed by atoms with E-state index in [2.05, 4.69) is 54.2 Å². The molecule has 1 unspecified atom stereocenters. The predicted octanol–water partition coefficient (Wildman–Crippen LogP) is 4.61. The first kappa shape index (κ1) is 12.9. The molecule has 2 heteroatoms. The first-order chi connectivity index (χ1) is 9.24. The Morgan fingerprint density at radius 2 is 1.89 bits per heavy atom. The van der Waals surface area contributed by atoms with Crippen molar-refractivity contribution in [3.63, 3.8) is 0 Å². The van der Waals surface area contributed by atoms with E-state index in [0.29, 0.717) is 6.04 Å². The van der Waals surface area contributed by atoms with Gasteiger partial charge >= 0.3 is 0 Å². The Morgan fingerprint density at radius 3 is 2.47 bits per heavy atom. The highest BCUT2D eigenvalue weighted by atomic mass is 32.1. The zero-order chi connectivity index (χ0) is 13.2. The molecule has 1 atom stereocenters. The number of hydrogen-bond acceptors (Lipinski definition) is 2. The highest BCUT2D eigenvalue weighted by molar-refractivity contribution is 7.08. The van der Waals surface area contributed by atoms with Crippen molar-refractivity contribution >= 4 is 11.3 Å². The van der Waals surface area contributed by atoms with E-state index in [9.17, 15) is 0 Å². The van der Waals surface area contributed by atoms with Gasteiger partial charge in [-0.05, 0) is 60.1 Å². The van der Waals surface area contributed by atoms with Crippen LogP contribution < -0.4 is 5.32 Å². The number of aryl methyl sites for hydroxylation is 2. The summed E-state index contributed by atoms with van der Waals surface area (Å²) in [6.07, 6.45) is 2.74. The van der Waals surface area contributed by atoms with Crippen molar-refractivity contribution in [2.24, 2.45) is 5.92 Å². The quantitative estimate of drug-likeness (QED) is 0.837. The smallest absolute Gasteiger partial charge is 0.0351 e. The second kappa shape index (κ2) is 5.48. The number of rotatable bonds is 5. The number of nitrogens with one attached hydrogen (secondary N) is 1. The van der Waals surface area contributed by atoms with Crippen molar-refractivity contribution in [3.8, 4) is 0 Å². The minimum Gasteiger partial charge on any atom is -0.306 e. The van der Waals surface area contributed by atoms with Gasteiger partial charge in [-0.3, -0.25) is 0 Å². The summed E-state index contributed by atoms with van der Waals surface area (Å²) >= 11 is 1.80. The second-order valence-electron chi connectivity index (χ2n) is 5.69. The van der Waals surface area contributed by atoms with Crippen LogP contribution in [0.5, 0.6) is 0 Å². The summed E-state index contributed by atoms with van der Waals surface area (Å²) in [6.45, 7) is 5.34. The summed E-state index contributed by atoms with van der Waals surface area (Å²) in [5.74, 6) is 0.835. The van der Waals surface area contributed by atoms with Gasteiger partial charge in [0.2, 0.25) is 0 Å². The van der Waals surface area contributed by atoms with E-state index >= 15 is 0 Å². The van der Waals surface area contributed by atoms with Gasteiger partial charge < -0.3 is 5.32 Å². The van der Waals surface area contributed by atoms with Gasteiger partial charge in [-0.2, -0.15) is 11.3 Å². The van der Waals surface area contributed by atoms with Crippen LogP contribution in [-0.2, 0) is 6.54 Å².